The van der Waals surface area contributed by atoms with E-state index in [2.05, 4.69) is 0 Å². The number of hydrogen-bond acceptors (Lipinski definition) is 3. The van der Waals surface area contributed by atoms with Crippen molar-refractivity contribution in [1.29, 1.82) is 0 Å². The number of carbonyl (C=O) groups excluding carboxylic acids is 1. The highest BCUT2D eigenvalue weighted by Gasteiger charge is 2.42. The van der Waals surface area contributed by atoms with E-state index in [4.69, 9.17) is 21.1 Å². The van der Waals surface area contributed by atoms with E-state index in [9.17, 15) is 18.0 Å². The first kappa shape index (κ1) is 17.9. The number of benzene rings is 1. The third kappa shape index (κ3) is 4.21. The van der Waals surface area contributed by atoms with Crippen LogP contribution in [0.4, 0.5) is 13.2 Å². The Morgan fingerprint density at radius 1 is 1.28 bits per heavy atom. The summed E-state index contributed by atoms with van der Waals surface area (Å²) in [4.78, 5) is 13.4. The third-order valence-corrected chi connectivity index (χ3v) is 4.51. The van der Waals surface area contributed by atoms with Gasteiger partial charge in [0.25, 0.3) is 0 Å². The molecule has 0 saturated carbocycles. The van der Waals surface area contributed by atoms with Crippen LogP contribution in [0.3, 0.4) is 0 Å². The third-order valence-electron chi connectivity index (χ3n) is 4.23. The molecule has 0 radical (unpaired) electrons. The summed E-state index contributed by atoms with van der Waals surface area (Å²) >= 11 is 6.12. The second-order valence-electron chi connectivity index (χ2n) is 6.03. The van der Waals surface area contributed by atoms with Crippen molar-refractivity contribution in [2.24, 2.45) is 5.92 Å². The molecule has 136 valence electrons. The second kappa shape index (κ2) is 7.15. The number of halogens is 4. The topological polar surface area (TPSA) is 38.8 Å². The van der Waals surface area contributed by atoms with Crippen molar-refractivity contribution in [2.45, 2.75) is 19.0 Å². The Labute approximate surface area is 148 Å². The molecule has 1 aromatic rings. The predicted molar refractivity (Wildman–Crippen MR) is 86.8 cm³/mol. The van der Waals surface area contributed by atoms with Crippen molar-refractivity contribution in [3.8, 4) is 11.5 Å². The average molecular weight is 376 g/mol. The fraction of sp³-hybridized carbons (Fsp3) is 0.471. The SMILES string of the molecule is O=C(/C=C/c1cc(Cl)c2c(c1)OCCO2)N1CCCC(C(F)(F)F)C1. The molecule has 0 N–H and O–H groups in total. The smallest absolute Gasteiger partial charge is 0.393 e. The summed E-state index contributed by atoms with van der Waals surface area (Å²) in [6, 6.07) is 3.30. The minimum Gasteiger partial charge on any atom is -0.486 e. The number of likely N-dealkylation sites (tertiary alicyclic amines) is 1. The fourth-order valence-electron chi connectivity index (χ4n) is 2.94. The van der Waals surface area contributed by atoms with E-state index in [0.29, 0.717) is 48.3 Å². The first-order valence-electron chi connectivity index (χ1n) is 7.97. The highest BCUT2D eigenvalue weighted by molar-refractivity contribution is 6.32. The summed E-state index contributed by atoms with van der Waals surface area (Å²) in [7, 11) is 0. The molecule has 1 saturated heterocycles. The van der Waals surface area contributed by atoms with E-state index >= 15 is 0 Å². The summed E-state index contributed by atoms with van der Waals surface area (Å²) < 4.78 is 49.4. The normalized spacial score (nSPS) is 20.8. The van der Waals surface area contributed by atoms with Gasteiger partial charge in [0.1, 0.15) is 13.2 Å². The van der Waals surface area contributed by atoms with Crippen LogP contribution in [0.15, 0.2) is 18.2 Å². The zero-order valence-electron chi connectivity index (χ0n) is 13.3. The lowest BCUT2D eigenvalue weighted by Crippen LogP contribution is -2.44. The Morgan fingerprint density at radius 3 is 2.80 bits per heavy atom. The highest BCUT2D eigenvalue weighted by Crippen LogP contribution is 2.38. The van der Waals surface area contributed by atoms with Crippen LogP contribution in [0.25, 0.3) is 6.08 Å². The zero-order chi connectivity index (χ0) is 18.0. The van der Waals surface area contributed by atoms with Gasteiger partial charge in [-0.2, -0.15) is 13.2 Å². The minimum absolute atomic E-state index is 0.0642. The molecule has 25 heavy (non-hydrogen) atoms. The van der Waals surface area contributed by atoms with E-state index in [1.54, 1.807) is 12.1 Å². The molecule has 4 nitrogen and oxygen atoms in total. The Kier molecular flexibility index (Phi) is 5.13. The number of amides is 1. The molecule has 2 aliphatic heterocycles. The van der Waals surface area contributed by atoms with Crippen LogP contribution >= 0.6 is 11.6 Å². The van der Waals surface area contributed by atoms with E-state index in [0.717, 1.165) is 0 Å². The van der Waals surface area contributed by atoms with Crippen molar-refractivity contribution >= 4 is 23.6 Å². The number of carbonyl (C=O) groups is 1. The maximum Gasteiger partial charge on any atom is 0.393 e. The van der Waals surface area contributed by atoms with Gasteiger partial charge in [-0.15, -0.1) is 0 Å². The van der Waals surface area contributed by atoms with Gasteiger partial charge >= 0.3 is 6.18 Å². The lowest BCUT2D eigenvalue weighted by atomic mass is 9.97. The second-order valence-corrected chi connectivity index (χ2v) is 6.43. The molecule has 2 aliphatic rings. The maximum absolute atomic E-state index is 12.8. The zero-order valence-corrected chi connectivity index (χ0v) is 14.1. The molecule has 1 amide bonds. The van der Waals surface area contributed by atoms with Gasteiger partial charge in [0.05, 0.1) is 10.9 Å². The summed E-state index contributed by atoms with van der Waals surface area (Å²) in [5.74, 6) is -0.955. The van der Waals surface area contributed by atoms with Gasteiger partial charge in [-0.05, 0) is 36.6 Å². The first-order chi connectivity index (χ1) is 11.8. The van der Waals surface area contributed by atoms with Crippen LogP contribution in [0.1, 0.15) is 18.4 Å². The van der Waals surface area contributed by atoms with Gasteiger partial charge in [-0.25, -0.2) is 0 Å². The summed E-state index contributed by atoms with van der Waals surface area (Å²) in [6.45, 7) is 0.851. The van der Waals surface area contributed by atoms with E-state index in [-0.39, 0.29) is 13.0 Å². The molecule has 1 aromatic carbocycles. The Bertz CT molecular complexity index is 690. The molecular weight excluding hydrogens is 359 g/mol. The van der Waals surface area contributed by atoms with Gasteiger partial charge in [0, 0.05) is 19.2 Å². The van der Waals surface area contributed by atoms with E-state index < -0.39 is 18.0 Å². The van der Waals surface area contributed by atoms with Gasteiger partial charge < -0.3 is 14.4 Å². The molecule has 0 bridgehead atoms. The number of fused-ring (bicyclic) bond motifs is 1. The molecule has 3 rings (SSSR count). The molecule has 8 heteroatoms. The summed E-state index contributed by atoms with van der Waals surface area (Å²) in [6.07, 6.45) is -1.08. The molecule has 2 heterocycles. The molecule has 1 unspecified atom stereocenters. The number of alkyl halides is 3. The van der Waals surface area contributed by atoms with Crippen molar-refractivity contribution < 1.29 is 27.4 Å². The van der Waals surface area contributed by atoms with Gasteiger partial charge in [-0.3, -0.25) is 4.79 Å². The van der Waals surface area contributed by atoms with Gasteiger partial charge in [0.15, 0.2) is 11.5 Å². The average Bonchev–Trinajstić information content (AvgIpc) is 2.59. The van der Waals surface area contributed by atoms with Crippen LogP contribution in [0, 0.1) is 5.92 Å². The van der Waals surface area contributed by atoms with Crippen molar-refractivity contribution in [1.82, 2.24) is 4.90 Å². The minimum atomic E-state index is -4.27. The molecular formula is C17H17ClF3NO3. The van der Waals surface area contributed by atoms with Crippen LogP contribution in [0.2, 0.25) is 5.02 Å². The largest absolute Gasteiger partial charge is 0.486 e. The predicted octanol–water partition coefficient (Wildman–Crippen LogP) is 3.93. The number of rotatable bonds is 2. The number of piperidine rings is 1. The molecule has 0 aliphatic carbocycles. The monoisotopic (exact) mass is 375 g/mol. The Hall–Kier alpha value is -1.89. The van der Waals surface area contributed by atoms with Crippen molar-refractivity contribution in [3.05, 3.63) is 28.8 Å². The highest BCUT2D eigenvalue weighted by atomic mass is 35.5. The van der Waals surface area contributed by atoms with E-state index in [1.165, 1.54) is 17.1 Å². The standard InChI is InChI=1S/C17H17ClF3NO3/c18-13-8-11(9-14-16(13)25-7-6-24-14)3-4-15(23)22-5-1-2-12(10-22)17(19,20)21/h3-4,8-9,12H,1-2,5-7,10H2/b4-3+. The van der Waals surface area contributed by atoms with E-state index in [1.807, 2.05) is 0 Å². The lowest BCUT2D eigenvalue weighted by molar-refractivity contribution is -0.187. The maximum atomic E-state index is 12.8. The molecule has 1 atom stereocenters. The van der Waals surface area contributed by atoms with Crippen LogP contribution in [-0.4, -0.2) is 43.3 Å². The molecule has 1 fully saturated rings. The molecule has 0 aromatic heterocycles. The van der Waals surface area contributed by atoms with Crippen LogP contribution < -0.4 is 9.47 Å². The molecule has 0 spiro atoms. The summed E-state index contributed by atoms with van der Waals surface area (Å²) in [5.41, 5.74) is 0.618. The summed E-state index contributed by atoms with van der Waals surface area (Å²) in [5, 5.41) is 0.361. The van der Waals surface area contributed by atoms with Crippen molar-refractivity contribution in [3.63, 3.8) is 0 Å². The number of ether oxygens (including phenoxy) is 2. The Morgan fingerprint density at radius 2 is 2.04 bits per heavy atom. The fourth-order valence-corrected chi connectivity index (χ4v) is 3.22. The number of nitrogens with zero attached hydrogens (tertiary/aromatic N) is 1. The Balaban J connectivity index is 1.69. The number of hydrogen-bond donors (Lipinski definition) is 0. The van der Waals surface area contributed by atoms with Crippen molar-refractivity contribution in [2.75, 3.05) is 26.3 Å². The van der Waals surface area contributed by atoms with Crippen LogP contribution in [-0.2, 0) is 4.79 Å². The first-order valence-corrected chi connectivity index (χ1v) is 8.35. The van der Waals surface area contributed by atoms with Crippen LogP contribution in [0.5, 0.6) is 11.5 Å². The lowest BCUT2D eigenvalue weighted by Gasteiger charge is -2.33. The van der Waals surface area contributed by atoms with Gasteiger partial charge in [0.2, 0.25) is 5.91 Å². The quantitative estimate of drug-likeness (QED) is 0.735. The van der Waals surface area contributed by atoms with Gasteiger partial charge in [-0.1, -0.05) is 11.6 Å².